The lowest BCUT2D eigenvalue weighted by Crippen LogP contribution is -2.32. The van der Waals surface area contributed by atoms with Crippen molar-refractivity contribution >= 4 is 12.0 Å². The predicted octanol–water partition coefficient (Wildman–Crippen LogP) is 6.78. The lowest BCUT2D eigenvalue weighted by Gasteiger charge is -2.13. The van der Waals surface area contributed by atoms with Crippen LogP contribution in [0.25, 0.3) is 0 Å². The summed E-state index contributed by atoms with van der Waals surface area (Å²) in [4.78, 5) is 24.3. The van der Waals surface area contributed by atoms with Crippen molar-refractivity contribution in [3.8, 4) is 0 Å². The molecule has 0 aromatic carbocycles. The lowest BCUT2D eigenvalue weighted by atomic mass is 10.1. The molecule has 0 bridgehead atoms. The van der Waals surface area contributed by atoms with E-state index in [1.807, 2.05) is 0 Å². The number of hydrogen-bond donors (Lipinski definition) is 0. The molecule has 1 aliphatic heterocycles. The van der Waals surface area contributed by atoms with Gasteiger partial charge in [0.05, 0.1) is 6.61 Å². The molecule has 0 aromatic rings. The number of hydrogen-bond acceptors (Lipinski definition) is 3. The van der Waals surface area contributed by atoms with Crippen molar-refractivity contribution < 1.29 is 14.3 Å². The Morgan fingerprint density at radius 2 is 1.44 bits per heavy atom. The molecule has 0 N–H and O–H groups in total. The molecule has 0 unspecified atom stereocenters. The molecule has 2 amide bonds. The minimum absolute atomic E-state index is 0.0963. The summed E-state index contributed by atoms with van der Waals surface area (Å²) in [7, 11) is 0. The number of nitrogens with zero attached hydrogens (tertiary/aromatic N) is 1. The first-order chi connectivity index (χ1) is 13.3. The number of allylic oxidation sites excluding steroid dienone is 2. The molecule has 1 fully saturated rings. The highest BCUT2D eigenvalue weighted by Crippen LogP contribution is 2.12. The minimum atomic E-state index is -0.453. The van der Waals surface area contributed by atoms with Crippen molar-refractivity contribution in [1.29, 1.82) is 0 Å². The zero-order valence-corrected chi connectivity index (χ0v) is 17.6. The molecule has 0 aliphatic carbocycles. The van der Waals surface area contributed by atoms with E-state index in [0.717, 1.165) is 19.3 Å². The van der Waals surface area contributed by atoms with Gasteiger partial charge in [0.25, 0.3) is 0 Å². The molecule has 0 atom stereocenters. The molecular weight excluding hydrogens is 338 g/mol. The number of unbranched alkanes of at least 4 members (excludes halogenated alkanes) is 12. The first-order valence-corrected chi connectivity index (χ1v) is 11.4. The second kappa shape index (κ2) is 16.8. The van der Waals surface area contributed by atoms with Crippen LogP contribution >= 0.6 is 0 Å². The zero-order valence-electron chi connectivity index (χ0n) is 17.6. The molecule has 156 valence electrons. The van der Waals surface area contributed by atoms with Gasteiger partial charge in [-0.3, -0.25) is 4.79 Å². The topological polar surface area (TPSA) is 46.6 Å². The molecule has 4 nitrogen and oxygen atoms in total. The van der Waals surface area contributed by atoms with E-state index >= 15 is 0 Å². The van der Waals surface area contributed by atoms with Crippen molar-refractivity contribution in [2.75, 3.05) is 13.2 Å². The maximum absolute atomic E-state index is 11.7. The summed E-state index contributed by atoms with van der Waals surface area (Å²) in [5.41, 5.74) is 0. The fourth-order valence-corrected chi connectivity index (χ4v) is 3.43. The molecule has 27 heavy (non-hydrogen) atoms. The normalized spacial score (nSPS) is 14.4. The van der Waals surface area contributed by atoms with Gasteiger partial charge in [0.1, 0.15) is 0 Å². The van der Waals surface area contributed by atoms with E-state index in [0.29, 0.717) is 19.6 Å². The SMILES string of the molecule is CCCCCCCC/C=C\CCCCCCCCOC(=O)N1CCCC1=O. The Kier molecular flexibility index (Phi) is 14.8. The maximum Gasteiger partial charge on any atom is 0.416 e. The van der Waals surface area contributed by atoms with Crippen molar-refractivity contribution in [2.24, 2.45) is 0 Å². The fraction of sp³-hybridized carbons (Fsp3) is 0.826. The van der Waals surface area contributed by atoms with E-state index in [1.165, 1.54) is 81.9 Å². The number of carbonyl (C=O) groups excluding carboxylic acids is 2. The second-order valence-corrected chi connectivity index (χ2v) is 7.70. The number of carbonyl (C=O) groups is 2. The van der Waals surface area contributed by atoms with Crippen LogP contribution in [-0.4, -0.2) is 30.1 Å². The fourth-order valence-electron chi connectivity index (χ4n) is 3.43. The highest BCUT2D eigenvalue weighted by molar-refractivity contribution is 5.93. The van der Waals surface area contributed by atoms with Crippen molar-refractivity contribution in [1.82, 2.24) is 4.90 Å². The van der Waals surface area contributed by atoms with Gasteiger partial charge >= 0.3 is 6.09 Å². The second-order valence-electron chi connectivity index (χ2n) is 7.70. The van der Waals surface area contributed by atoms with Crippen LogP contribution < -0.4 is 0 Å². The summed E-state index contributed by atoms with van der Waals surface area (Å²) in [6.45, 7) is 3.22. The Hall–Kier alpha value is -1.32. The Bertz CT molecular complexity index is 420. The number of likely N-dealkylation sites (tertiary alicyclic amines) is 1. The Labute approximate surface area is 166 Å². The molecule has 0 radical (unpaired) electrons. The van der Waals surface area contributed by atoms with Gasteiger partial charge in [-0.2, -0.15) is 0 Å². The molecule has 0 spiro atoms. The van der Waals surface area contributed by atoms with E-state index in [4.69, 9.17) is 4.74 Å². The van der Waals surface area contributed by atoms with Gasteiger partial charge in [-0.1, -0.05) is 76.9 Å². The number of amides is 2. The summed E-state index contributed by atoms with van der Waals surface area (Å²) in [5.74, 6) is -0.0963. The molecular formula is C23H41NO3. The van der Waals surface area contributed by atoms with Gasteiger partial charge in [-0.05, 0) is 38.5 Å². The van der Waals surface area contributed by atoms with Crippen LogP contribution in [0.2, 0.25) is 0 Å². The van der Waals surface area contributed by atoms with Gasteiger partial charge in [-0.15, -0.1) is 0 Å². The number of imide groups is 1. The Morgan fingerprint density at radius 3 is 2.00 bits per heavy atom. The molecule has 1 heterocycles. The van der Waals surface area contributed by atoms with Crippen LogP contribution in [0.1, 0.15) is 110 Å². The molecule has 1 rings (SSSR count). The van der Waals surface area contributed by atoms with Crippen LogP contribution in [-0.2, 0) is 9.53 Å². The van der Waals surface area contributed by atoms with E-state index in [-0.39, 0.29) is 5.91 Å². The average molecular weight is 380 g/mol. The van der Waals surface area contributed by atoms with Crippen LogP contribution in [0, 0.1) is 0 Å². The molecule has 1 saturated heterocycles. The van der Waals surface area contributed by atoms with Crippen LogP contribution in [0.3, 0.4) is 0 Å². The van der Waals surface area contributed by atoms with Gasteiger partial charge in [-0.25, -0.2) is 9.69 Å². The van der Waals surface area contributed by atoms with Crippen LogP contribution in [0.15, 0.2) is 12.2 Å². The molecule has 0 aromatic heterocycles. The Morgan fingerprint density at radius 1 is 0.889 bits per heavy atom. The van der Waals surface area contributed by atoms with E-state index in [1.54, 1.807) is 0 Å². The van der Waals surface area contributed by atoms with E-state index < -0.39 is 6.09 Å². The first kappa shape index (κ1) is 23.7. The maximum atomic E-state index is 11.7. The van der Waals surface area contributed by atoms with Crippen molar-refractivity contribution in [2.45, 2.75) is 110 Å². The zero-order chi connectivity index (χ0) is 19.6. The third-order valence-electron chi connectivity index (χ3n) is 5.18. The highest BCUT2D eigenvalue weighted by atomic mass is 16.6. The standard InChI is InChI=1S/C23H41NO3/c1-2-3-4-5-6-7-8-9-10-11-12-13-14-15-16-17-21-27-23(26)24-20-18-19-22(24)25/h9-10H,2-8,11-21H2,1H3/b10-9-. The van der Waals surface area contributed by atoms with Gasteiger partial charge in [0, 0.05) is 13.0 Å². The van der Waals surface area contributed by atoms with Crippen LogP contribution in [0.5, 0.6) is 0 Å². The smallest absolute Gasteiger partial charge is 0.416 e. The summed E-state index contributed by atoms with van der Waals surface area (Å²) in [6.07, 6.45) is 23.2. The third kappa shape index (κ3) is 12.6. The third-order valence-corrected chi connectivity index (χ3v) is 5.18. The monoisotopic (exact) mass is 379 g/mol. The summed E-state index contributed by atoms with van der Waals surface area (Å²) >= 11 is 0. The summed E-state index contributed by atoms with van der Waals surface area (Å²) in [5, 5.41) is 0. The average Bonchev–Trinajstić information content (AvgIpc) is 3.10. The lowest BCUT2D eigenvalue weighted by molar-refractivity contribution is -0.126. The summed E-state index contributed by atoms with van der Waals surface area (Å²) < 4.78 is 5.17. The van der Waals surface area contributed by atoms with Crippen molar-refractivity contribution in [3.05, 3.63) is 12.2 Å². The highest BCUT2D eigenvalue weighted by Gasteiger charge is 2.27. The minimum Gasteiger partial charge on any atom is -0.449 e. The largest absolute Gasteiger partial charge is 0.449 e. The first-order valence-electron chi connectivity index (χ1n) is 11.4. The number of rotatable bonds is 16. The van der Waals surface area contributed by atoms with E-state index in [9.17, 15) is 9.59 Å². The quantitative estimate of drug-likeness (QED) is 0.219. The van der Waals surface area contributed by atoms with E-state index in [2.05, 4.69) is 19.1 Å². The van der Waals surface area contributed by atoms with Crippen molar-refractivity contribution in [3.63, 3.8) is 0 Å². The van der Waals surface area contributed by atoms with Gasteiger partial charge < -0.3 is 4.74 Å². The number of ether oxygens (including phenoxy) is 1. The molecule has 4 heteroatoms. The van der Waals surface area contributed by atoms with Gasteiger partial charge in [0.15, 0.2) is 0 Å². The molecule has 1 aliphatic rings. The summed E-state index contributed by atoms with van der Waals surface area (Å²) in [6, 6.07) is 0. The van der Waals surface area contributed by atoms with Gasteiger partial charge in [0.2, 0.25) is 5.91 Å². The molecule has 0 saturated carbocycles. The Balaban J connectivity index is 1.78. The van der Waals surface area contributed by atoms with Crippen LogP contribution in [0.4, 0.5) is 4.79 Å². The predicted molar refractivity (Wildman–Crippen MR) is 112 cm³/mol.